The van der Waals surface area contributed by atoms with Crippen molar-refractivity contribution in [2.45, 2.75) is 46.6 Å². The van der Waals surface area contributed by atoms with Gasteiger partial charge in [-0.05, 0) is 73.3 Å². The minimum atomic E-state index is -0.268. The fourth-order valence-corrected chi connectivity index (χ4v) is 2.47. The second-order valence-corrected chi connectivity index (χ2v) is 6.74. The number of nitriles is 1. The smallest absolute Gasteiger partial charge is 0.133 e. The maximum atomic E-state index is 8.97. The molecule has 0 aliphatic rings. The predicted octanol–water partition coefficient (Wildman–Crippen LogP) is 4.66. The van der Waals surface area contributed by atoms with Crippen molar-refractivity contribution in [1.29, 1.82) is 5.26 Å². The number of benzene rings is 1. The van der Waals surface area contributed by atoms with Crippen molar-refractivity contribution in [2.24, 2.45) is 5.41 Å². The highest BCUT2D eigenvalue weighted by atomic mass is 79.9. The molecule has 0 aliphatic carbocycles. The first-order valence-electron chi connectivity index (χ1n) is 7.51. The molecule has 0 aromatic heterocycles. The van der Waals surface area contributed by atoms with E-state index in [1.807, 2.05) is 19.9 Å². The third-order valence-corrected chi connectivity index (χ3v) is 3.88. The average Bonchev–Trinajstić information content (AvgIpc) is 2.45. The van der Waals surface area contributed by atoms with Crippen molar-refractivity contribution in [3.8, 4) is 11.8 Å². The van der Waals surface area contributed by atoms with Crippen LogP contribution in [0.5, 0.6) is 5.75 Å². The van der Waals surface area contributed by atoms with E-state index in [1.165, 1.54) is 5.56 Å². The zero-order valence-electron chi connectivity index (χ0n) is 13.2. The van der Waals surface area contributed by atoms with Gasteiger partial charge in [0, 0.05) is 6.54 Å². The molecule has 0 saturated heterocycles. The maximum Gasteiger partial charge on any atom is 0.133 e. The van der Waals surface area contributed by atoms with Crippen LogP contribution >= 0.6 is 15.9 Å². The standard InChI is InChI=1S/C17H25BrN2O/c1-4-9-20-12-14-6-7-16(15(18)11-14)21-10-5-8-17(2,3)13-19/h6-7,11,20H,4-5,8-10,12H2,1-3H3. The quantitative estimate of drug-likeness (QED) is 0.657. The van der Waals surface area contributed by atoms with Gasteiger partial charge in [-0.3, -0.25) is 0 Å². The van der Waals surface area contributed by atoms with Gasteiger partial charge in [-0.2, -0.15) is 5.26 Å². The Kier molecular flexibility index (Phi) is 7.77. The molecular formula is C17H25BrN2O. The molecule has 3 nitrogen and oxygen atoms in total. The molecule has 0 heterocycles. The van der Waals surface area contributed by atoms with E-state index < -0.39 is 0 Å². The van der Waals surface area contributed by atoms with Crippen LogP contribution in [0, 0.1) is 16.7 Å². The lowest BCUT2D eigenvalue weighted by molar-refractivity contribution is 0.282. The Morgan fingerprint density at radius 3 is 2.76 bits per heavy atom. The van der Waals surface area contributed by atoms with Crippen LogP contribution in [-0.2, 0) is 6.54 Å². The molecule has 0 radical (unpaired) electrons. The molecule has 1 aromatic rings. The van der Waals surface area contributed by atoms with Gasteiger partial charge in [0.15, 0.2) is 0 Å². The fraction of sp³-hybridized carbons (Fsp3) is 0.588. The lowest BCUT2D eigenvalue weighted by Crippen LogP contribution is -2.13. The Hall–Kier alpha value is -1.05. The van der Waals surface area contributed by atoms with Gasteiger partial charge < -0.3 is 10.1 Å². The minimum absolute atomic E-state index is 0.268. The van der Waals surface area contributed by atoms with Gasteiger partial charge in [0.1, 0.15) is 5.75 Å². The minimum Gasteiger partial charge on any atom is -0.492 e. The Bertz CT molecular complexity index is 480. The van der Waals surface area contributed by atoms with Crippen LogP contribution in [0.15, 0.2) is 22.7 Å². The number of halogens is 1. The number of ether oxygens (including phenoxy) is 1. The van der Waals surface area contributed by atoms with Gasteiger partial charge in [0.2, 0.25) is 0 Å². The average molecular weight is 353 g/mol. The van der Waals surface area contributed by atoms with E-state index in [2.05, 4.69) is 46.4 Å². The Morgan fingerprint density at radius 1 is 1.38 bits per heavy atom. The van der Waals surface area contributed by atoms with E-state index in [9.17, 15) is 0 Å². The lowest BCUT2D eigenvalue weighted by atomic mass is 9.90. The maximum absolute atomic E-state index is 8.97. The molecule has 1 N–H and O–H groups in total. The summed E-state index contributed by atoms with van der Waals surface area (Å²) in [4.78, 5) is 0. The zero-order valence-corrected chi connectivity index (χ0v) is 14.8. The molecule has 1 aromatic carbocycles. The fourth-order valence-electron chi connectivity index (χ4n) is 1.93. The van der Waals surface area contributed by atoms with Crippen LogP contribution in [0.4, 0.5) is 0 Å². The molecule has 1 rings (SSSR count). The number of hydrogen-bond acceptors (Lipinski definition) is 3. The van der Waals surface area contributed by atoms with Gasteiger partial charge in [-0.15, -0.1) is 0 Å². The number of nitrogens with one attached hydrogen (secondary N) is 1. The van der Waals surface area contributed by atoms with Gasteiger partial charge >= 0.3 is 0 Å². The van der Waals surface area contributed by atoms with Gasteiger partial charge in [0.05, 0.1) is 22.6 Å². The first kappa shape index (κ1) is 18.0. The summed E-state index contributed by atoms with van der Waals surface area (Å²) in [6.07, 6.45) is 2.87. The van der Waals surface area contributed by atoms with Crippen LogP contribution in [0.25, 0.3) is 0 Å². The molecule has 0 saturated carbocycles. The highest BCUT2D eigenvalue weighted by molar-refractivity contribution is 9.10. The second-order valence-electron chi connectivity index (χ2n) is 5.89. The van der Waals surface area contributed by atoms with Crippen LogP contribution in [0.3, 0.4) is 0 Å². The molecule has 0 amide bonds. The van der Waals surface area contributed by atoms with E-state index >= 15 is 0 Å². The van der Waals surface area contributed by atoms with Crippen LogP contribution in [-0.4, -0.2) is 13.2 Å². The van der Waals surface area contributed by atoms with Crippen LogP contribution in [0.1, 0.15) is 45.6 Å². The highest BCUT2D eigenvalue weighted by Gasteiger charge is 2.15. The summed E-state index contributed by atoms with van der Waals surface area (Å²) in [7, 11) is 0. The van der Waals surface area contributed by atoms with Crippen molar-refractivity contribution in [3.63, 3.8) is 0 Å². The third kappa shape index (κ3) is 6.97. The van der Waals surface area contributed by atoms with Crippen molar-refractivity contribution >= 4 is 15.9 Å². The van der Waals surface area contributed by atoms with Crippen LogP contribution in [0.2, 0.25) is 0 Å². The summed E-state index contributed by atoms with van der Waals surface area (Å²) in [5.41, 5.74) is 0.975. The van der Waals surface area contributed by atoms with Crippen molar-refractivity contribution in [3.05, 3.63) is 28.2 Å². The van der Waals surface area contributed by atoms with E-state index in [-0.39, 0.29) is 5.41 Å². The molecule has 0 spiro atoms. The number of nitrogens with zero attached hydrogens (tertiary/aromatic N) is 1. The Labute approximate surface area is 136 Å². The summed E-state index contributed by atoms with van der Waals surface area (Å²) in [5.74, 6) is 0.865. The molecule has 116 valence electrons. The summed E-state index contributed by atoms with van der Waals surface area (Å²) in [6, 6.07) is 8.49. The third-order valence-electron chi connectivity index (χ3n) is 3.26. The zero-order chi connectivity index (χ0) is 15.7. The Morgan fingerprint density at radius 2 is 2.14 bits per heavy atom. The molecule has 21 heavy (non-hydrogen) atoms. The lowest BCUT2D eigenvalue weighted by Gasteiger charge is -2.15. The van der Waals surface area contributed by atoms with E-state index in [1.54, 1.807) is 0 Å². The Balaban J connectivity index is 2.41. The predicted molar refractivity (Wildman–Crippen MR) is 90.3 cm³/mol. The van der Waals surface area contributed by atoms with Crippen LogP contribution < -0.4 is 10.1 Å². The normalized spacial score (nSPS) is 11.2. The molecule has 0 bridgehead atoms. The molecule has 0 fully saturated rings. The number of hydrogen-bond donors (Lipinski definition) is 1. The summed E-state index contributed by atoms with van der Waals surface area (Å²) < 4.78 is 6.76. The molecule has 4 heteroatoms. The summed E-state index contributed by atoms with van der Waals surface area (Å²) in [5, 5.41) is 12.4. The summed E-state index contributed by atoms with van der Waals surface area (Å²) in [6.45, 7) is 8.63. The second kappa shape index (κ2) is 9.07. The SMILES string of the molecule is CCCNCc1ccc(OCCCC(C)(C)C#N)c(Br)c1. The van der Waals surface area contributed by atoms with E-state index in [4.69, 9.17) is 10.00 Å². The monoisotopic (exact) mass is 352 g/mol. The first-order chi connectivity index (χ1) is 9.98. The summed E-state index contributed by atoms with van der Waals surface area (Å²) >= 11 is 3.56. The van der Waals surface area contributed by atoms with Gasteiger partial charge in [0.25, 0.3) is 0 Å². The van der Waals surface area contributed by atoms with Gasteiger partial charge in [-0.1, -0.05) is 13.0 Å². The van der Waals surface area contributed by atoms with E-state index in [0.717, 1.165) is 42.6 Å². The molecule has 0 aliphatic heterocycles. The molecule has 0 unspecified atom stereocenters. The van der Waals surface area contributed by atoms with E-state index in [0.29, 0.717) is 6.61 Å². The molecular weight excluding hydrogens is 328 g/mol. The first-order valence-corrected chi connectivity index (χ1v) is 8.31. The van der Waals surface area contributed by atoms with Gasteiger partial charge in [-0.25, -0.2) is 0 Å². The largest absolute Gasteiger partial charge is 0.492 e. The highest BCUT2D eigenvalue weighted by Crippen LogP contribution is 2.27. The van der Waals surface area contributed by atoms with Crippen molar-refractivity contribution in [1.82, 2.24) is 5.32 Å². The van der Waals surface area contributed by atoms with Crippen molar-refractivity contribution in [2.75, 3.05) is 13.2 Å². The topological polar surface area (TPSA) is 45.0 Å². The number of rotatable bonds is 9. The van der Waals surface area contributed by atoms with Crippen molar-refractivity contribution < 1.29 is 4.74 Å². The molecule has 0 atom stereocenters.